The maximum absolute atomic E-state index is 12.3. The molecule has 1 aliphatic heterocycles. The molecule has 0 amide bonds. The van der Waals surface area contributed by atoms with Crippen molar-refractivity contribution < 1.29 is 0 Å². The lowest BCUT2D eigenvalue weighted by Crippen LogP contribution is -2.17. The fourth-order valence-electron chi connectivity index (χ4n) is 2.84. The number of aryl methyl sites for hydroxylation is 1. The van der Waals surface area contributed by atoms with Crippen molar-refractivity contribution in [1.29, 1.82) is 0 Å². The van der Waals surface area contributed by atoms with E-state index >= 15 is 0 Å². The van der Waals surface area contributed by atoms with Crippen LogP contribution in [0.3, 0.4) is 0 Å². The molecule has 0 bridgehead atoms. The lowest BCUT2D eigenvalue weighted by atomic mass is 10.2. The van der Waals surface area contributed by atoms with Crippen molar-refractivity contribution in [3.8, 4) is 0 Å². The van der Waals surface area contributed by atoms with Crippen LogP contribution >= 0.6 is 11.6 Å². The fraction of sp³-hybridized carbons (Fsp3) is 0.375. The van der Waals surface area contributed by atoms with E-state index in [1.807, 2.05) is 12.1 Å². The quantitative estimate of drug-likeness (QED) is 0.874. The minimum Gasteiger partial charge on any atom is -0.378 e. The van der Waals surface area contributed by atoms with E-state index < -0.39 is 0 Å². The molecule has 1 aliphatic rings. The van der Waals surface area contributed by atoms with Gasteiger partial charge in [-0.1, -0.05) is 17.7 Å². The summed E-state index contributed by atoms with van der Waals surface area (Å²) >= 11 is 6.15. The Balaban J connectivity index is 2.21. The summed E-state index contributed by atoms with van der Waals surface area (Å²) in [6.45, 7) is 6.98. The molecule has 0 saturated heterocycles. The minimum absolute atomic E-state index is 0.241. The second-order valence-electron chi connectivity index (χ2n) is 5.15. The van der Waals surface area contributed by atoms with Crippen LogP contribution in [0, 0.1) is 0 Å². The number of aromatic nitrogens is 2. The molecule has 0 N–H and O–H groups in total. The van der Waals surface area contributed by atoms with Crippen LogP contribution in [-0.4, -0.2) is 27.5 Å². The van der Waals surface area contributed by atoms with Crippen LogP contribution in [0.25, 0.3) is 16.5 Å². The van der Waals surface area contributed by atoms with E-state index in [0.717, 1.165) is 43.0 Å². The highest BCUT2D eigenvalue weighted by Gasteiger charge is 2.21. The minimum atomic E-state index is -0.241. The lowest BCUT2D eigenvalue weighted by Gasteiger charge is -2.16. The molecule has 4 nitrogen and oxygen atoms in total. The van der Waals surface area contributed by atoms with Gasteiger partial charge in [0.2, 0.25) is 0 Å². The molecule has 1 aromatic heterocycles. The van der Waals surface area contributed by atoms with Crippen LogP contribution in [0.5, 0.6) is 0 Å². The van der Waals surface area contributed by atoms with Gasteiger partial charge in [0.1, 0.15) is 5.82 Å². The molecule has 0 saturated carbocycles. The predicted molar refractivity (Wildman–Crippen MR) is 86.5 cm³/mol. The van der Waals surface area contributed by atoms with Gasteiger partial charge in [-0.25, -0.2) is 0 Å². The molecule has 0 unspecified atom stereocenters. The van der Waals surface area contributed by atoms with Gasteiger partial charge in [-0.05, 0) is 32.4 Å². The van der Waals surface area contributed by atoms with E-state index in [9.17, 15) is 4.79 Å². The molecular weight excluding hydrogens is 286 g/mol. The highest BCUT2D eigenvalue weighted by Crippen LogP contribution is 2.29. The molecule has 0 aliphatic carbocycles. The Morgan fingerprint density at radius 1 is 1.38 bits per heavy atom. The number of benzene rings is 1. The van der Waals surface area contributed by atoms with Crippen molar-refractivity contribution in [1.82, 2.24) is 14.5 Å². The third-order valence-electron chi connectivity index (χ3n) is 4.00. The van der Waals surface area contributed by atoms with Crippen molar-refractivity contribution >= 4 is 28.1 Å². The molecular formula is C16H18ClN3O. The molecule has 2 heterocycles. The van der Waals surface area contributed by atoms with Crippen LogP contribution in [0.15, 0.2) is 29.2 Å². The summed E-state index contributed by atoms with van der Waals surface area (Å²) < 4.78 is 2.10. The van der Waals surface area contributed by atoms with Gasteiger partial charge in [-0.15, -0.1) is 0 Å². The largest absolute Gasteiger partial charge is 0.378 e. The summed E-state index contributed by atoms with van der Waals surface area (Å²) in [7, 11) is 0. The van der Waals surface area contributed by atoms with Crippen LogP contribution < -0.4 is 5.56 Å². The van der Waals surface area contributed by atoms with Crippen LogP contribution in [-0.2, 0) is 6.54 Å². The number of halogens is 1. The van der Waals surface area contributed by atoms with E-state index in [0.29, 0.717) is 10.4 Å². The highest BCUT2D eigenvalue weighted by molar-refractivity contribution is 6.35. The number of hydrogen-bond acceptors (Lipinski definition) is 3. The second kappa shape index (κ2) is 5.53. The first-order chi connectivity index (χ1) is 10.2. The summed E-state index contributed by atoms with van der Waals surface area (Å²) in [4.78, 5) is 18.8. The Hall–Kier alpha value is -1.81. The predicted octanol–water partition coefficient (Wildman–Crippen LogP) is 3.14. The smallest absolute Gasteiger partial charge is 0.282 e. The lowest BCUT2D eigenvalue weighted by molar-refractivity contribution is 0.419. The molecule has 110 valence electrons. The van der Waals surface area contributed by atoms with E-state index in [4.69, 9.17) is 11.6 Å². The number of nitrogens with zero attached hydrogens (tertiary/aromatic N) is 3. The molecule has 0 radical (unpaired) electrons. The van der Waals surface area contributed by atoms with Crippen molar-refractivity contribution in [3.63, 3.8) is 0 Å². The third kappa shape index (κ3) is 2.33. The molecule has 1 aromatic carbocycles. The molecule has 0 spiro atoms. The molecule has 2 aromatic rings. The summed E-state index contributed by atoms with van der Waals surface area (Å²) in [5, 5.41) is 0.994. The average Bonchev–Trinajstić information content (AvgIpc) is 2.87. The Labute approximate surface area is 128 Å². The summed E-state index contributed by atoms with van der Waals surface area (Å²) in [5.41, 5.74) is 1.76. The molecule has 0 atom stereocenters. The number of allylic oxidation sites excluding steroid dienone is 1. The average molecular weight is 304 g/mol. The summed E-state index contributed by atoms with van der Waals surface area (Å²) in [6.07, 6.45) is 3.02. The van der Waals surface area contributed by atoms with E-state index in [1.165, 1.54) is 0 Å². The fourth-order valence-corrected chi connectivity index (χ4v) is 3.09. The van der Waals surface area contributed by atoms with Crippen molar-refractivity contribution in [3.05, 3.63) is 45.6 Å². The Morgan fingerprint density at radius 2 is 2.14 bits per heavy atom. The van der Waals surface area contributed by atoms with Crippen molar-refractivity contribution in [2.24, 2.45) is 0 Å². The maximum atomic E-state index is 12.3. The standard InChI is InChI=1S/C16H18ClN3O/c1-3-19(4-2)10-11-8-9-20-13-7-5-6-12(17)14(13)16(21)18-15(11)20/h5-7,10H,3-4,8-9H2,1-2H3/b11-10+. The molecule has 0 fully saturated rings. The van der Waals surface area contributed by atoms with E-state index in [-0.39, 0.29) is 5.56 Å². The summed E-state index contributed by atoms with van der Waals surface area (Å²) in [5.74, 6) is 0.779. The van der Waals surface area contributed by atoms with Crippen molar-refractivity contribution in [2.45, 2.75) is 26.8 Å². The van der Waals surface area contributed by atoms with Gasteiger partial charge in [0.05, 0.1) is 15.9 Å². The zero-order valence-corrected chi connectivity index (χ0v) is 13.0. The summed E-state index contributed by atoms with van der Waals surface area (Å²) in [6, 6.07) is 5.55. The maximum Gasteiger partial charge on any atom is 0.282 e. The van der Waals surface area contributed by atoms with Crippen LogP contribution in [0.1, 0.15) is 26.1 Å². The second-order valence-corrected chi connectivity index (χ2v) is 5.56. The Kier molecular flexibility index (Phi) is 3.72. The van der Waals surface area contributed by atoms with Crippen LogP contribution in [0.2, 0.25) is 5.02 Å². The molecule has 3 rings (SSSR count). The normalized spacial score (nSPS) is 15.7. The first kappa shape index (κ1) is 14.1. The zero-order chi connectivity index (χ0) is 15.0. The van der Waals surface area contributed by atoms with Gasteiger partial charge in [0.25, 0.3) is 5.56 Å². The topological polar surface area (TPSA) is 38.1 Å². The van der Waals surface area contributed by atoms with E-state index in [2.05, 4.69) is 34.5 Å². The zero-order valence-electron chi connectivity index (χ0n) is 12.3. The SMILES string of the molecule is CCN(/C=C1\CCn2c1nc(=O)c1c(Cl)cccc12)CC. The number of rotatable bonds is 3. The Morgan fingerprint density at radius 3 is 2.86 bits per heavy atom. The molecule has 5 heteroatoms. The number of fused-ring (bicyclic) bond motifs is 3. The number of hydrogen-bond donors (Lipinski definition) is 0. The highest BCUT2D eigenvalue weighted by atomic mass is 35.5. The van der Waals surface area contributed by atoms with Gasteiger partial charge >= 0.3 is 0 Å². The van der Waals surface area contributed by atoms with Gasteiger partial charge in [-0.2, -0.15) is 4.98 Å². The van der Waals surface area contributed by atoms with Gasteiger partial charge in [0, 0.05) is 31.4 Å². The first-order valence-electron chi connectivity index (χ1n) is 7.29. The Bertz CT molecular complexity index is 775. The monoisotopic (exact) mass is 303 g/mol. The van der Waals surface area contributed by atoms with Gasteiger partial charge < -0.3 is 9.47 Å². The van der Waals surface area contributed by atoms with Crippen molar-refractivity contribution in [2.75, 3.05) is 13.1 Å². The van der Waals surface area contributed by atoms with Gasteiger partial charge in [-0.3, -0.25) is 4.79 Å². The third-order valence-corrected chi connectivity index (χ3v) is 4.32. The first-order valence-corrected chi connectivity index (χ1v) is 7.67. The van der Waals surface area contributed by atoms with Gasteiger partial charge in [0.15, 0.2) is 0 Å². The van der Waals surface area contributed by atoms with Crippen LogP contribution in [0.4, 0.5) is 0 Å². The van der Waals surface area contributed by atoms with E-state index in [1.54, 1.807) is 6.07 Å². The molecule has 21 heavy (non-hydrogen) atoms.